The van der Waals surface area contributed by atoms with Crippen LogP contribution in [0.3, 0.4) is 0 Å². The number of aldehydes is 1. The fourth-order valence-corrected chi connectivity index (χ4v) is 3.84. The van der Waals surface area contributed by atoms with Gasteiger partial charge in [0.1, 0.15) is 12.9 Å². The number of carbonyl (C=O) groups is 1. The van der Waals surface area contributed by atoms with Gasteiger partial charge >= 0.3 is 0 Å². The fraction of sp³-hybridized carbons (Fsp3) is 0.591. The Kier molecular flexibility index (Phi) is 8.30. The molecular formula is C22H36O4Si. The van der Waals surface area contributed by atoms with Gasteiger partial charge in [0.2, 0.25) is 0 Å². The molecule has 0 fully saturated rings. The minimum atomic E-state index is -2.04. The molecule has 0 saturated carbocycles. The summed E-state index contributed by atoms with van der Waals surface area (Å²) in [7, 11) is -0.410. The van der Waals surface area contributed by atoms with Crippen LogP contribution in [0.2, 0.25) is 18.1 Å². The van der Waals surface area contributed by atoms with Crippen LogP contribution in [0.1, 0.15) is 46.3 Å². The third-order valence-electron chi connectivity index (χ3n) is 5.62. The van der Waals surface area contributed by atoms with Crippen LogP contribution in [-0.2, 0) is 9.22 Å². The van der Waals surface area contributed by atoms with E-state index < -0.39 is 8.32 Å². The van der Waals surface area contributed by atoms with Crippen molar-refractivity contribution >= 4 is 14.6 Å². The van der Waals surface area contributed by atoms with Gasteiger partial charge in [0.15, 0.2) is 19.8 Å². The van der Waals surface area contributed by atoms with Gasteiger partial charge in [0.25, 0.3) is 0 Å². The third-order valence-corrected chi connectivity index (χ3v) is 10.1. The van der Waals surface area contributed by atoms with Crippen molar-refractivity contribution in [2.75, 3.05) is 13.7 Å². The zero-order valence-corrected chi connectivity index (χ0v) is 19.2. The molecule has 0 aliphatic rings. The van der Waals surface area contributed by atoms with Crippen molar-refractivity contribution in [1.29, 1.82) is 0 Å². The number of methoxy groups -OCH3 is 1. The molecule has 0 unspecified atom stereocenters. The molecule has 3 atom stereocenters. The first-order chi connectivity index (χ1) is 12.5. The van der Waals surface area contributed by atoms with Crippen molar-refractivity contribution in [2.45, 2.75) is 58.9 Å². The van der Waals surface area contributed by atoms with Crippen LogP contribution >= 0.6 is 0 Å². The van der Waals surface area contributed by atoms with Gasteiger partial charge in [-0.25, -0.2) is 0 Å². The molecule has 0 bridgehead atoms. The molecule has 0 aliphatic carbocycles. The zero-order valence-electron chi connectivity index (χ0n) is 18.2. The molecule has 0 saturated heterocycles. The Bertz CT molecular complexity index is 634. The smallest absolute Gasteiger partial charge is 0.192 e. The van der Waals surface area contributed by atoms with E-state index in [1.807, 2.05) is 25.1 Å². The number of hydrogen-bond acceptors (Lipinski definition) is 4. The van der Waals surface area contributed by atoms with Gasteiger partial charge < -0.3 is 18.7 Å². The van der Waals surface area contributed by atoms with Crippen LogP contribution in [0.15, 0.2) is 30.9 Å². The Labute approximate surface area is 166 Å². The molecule has 0 N–H and O–H groups in total. The average Bonchev–Trinajstić information content (AvgIpc) is 2.62. The third kappa shape index (κ3) is 5.94. The van der Waals surface area contributed by atoms with Crippen molar-refractivity contribution in [2.24, 2.45) is 11.8 Å². The summed E-state index contributed by atoms with van der Waals surface area (Å²) in [6.07, 6.45) is 2.52. The second kappa shape index (κ2) is 9.56. The van der Waals surface area contributed by atoms with E-state index >= 15 is 0 Å². The first kappa shape index (κ1) is 23.4. The summed E-state index contributed by atoms with van der Waals surface area (Å²) >= 11 is 0. The number of carbonyl (C=O) groups excluding carboxylic acids is 1. The lowest BCUT2D eigenvalue weighted by Crippen LogP contribution is -2.43. The van der Waals surface area contributed by atoms with E-state index in [9.17, 15) is 4.79 Å². The van der Waals surface area contributed by atoms with E-state index in [0.717, 1.165) is 11.8 Å². The Morgan fingerprint density at radius 2 is 1.81 bits per heavy atom. The molecule has 1 aromatic rings. The lowest BCUT2D eigenvalue weighted by Gasteiger charge is -2.41. The van der Waals surface area contributed by atoms with Crippen molar-refractivity contribution in [1.82, 2.24) is 0 Å². The zero-order chi connectivity index (χ0) is 20.8. The van der Waals surface area contributed by atoms with Gasteiger partial charge in [-0.1, -0.05) is 53.3 Å². The molecule has 27 heavy (non-hydrogen) atoms. The lowest BCUT2D eigenvalue weighted by atomic mass is 9.88. The van der Waals surface area contributed by atoms with Crippen molar-refractivity contribution in [3.8, 4) is 11.5 Å². The van der Waals surface area contributed by atoms with Gasteiger partial charge in [-0.15, -0.1) is 0 Å². The molecule has 0 spiro atoms. The molecule has 5 heteroatoms. The highest BCUT2D eigenvalue weighted by molar-refractivity contribution is 6.74. The van der Waals surface area contributed by atoms with Crippen LogP contribution < -0.4 is 9.47 Å². The normalized spacial score (nSPS) is 15.6. The van der Waals surface area contributed by atoms with E-state index in [0.29, 0.717) is 18.1 Å². The molecular weight excluding hydrogens is 356 g/mol. The highest BCUT2D eigenvalue weighted by Crippen LogP contribution is 2.44. The summed E-state index contributed by atoms with van der Waals surface area (Å²) in [4.78, 5) is 11.4. The molecule has 0 aliphatic heterocycles. The maximum Gasteiger partial charge on any atom is 0.192 e. The summed E-state index contributed by atoms with van der Waals surface area (Å²) in [6.45, 7) is 19.2. The predicted octanol–water partition coefficient (Wildman–Crippen LogP) is 5.79. The van der Waals surface area contributed by atoms with Crippen molar-refractivity contribution in [3.05, 3.63) is 36.4 Å². The quantitative estimate of drug-likeness (QED) is 0.287. The van der Waals surface area contributed by atoms with Crippen molar-refractivity contribution in [3.63, 3.8) is 0 Å². The van der Waals surface area contributed by atoms with Crippen LogP contribution in [0.5, 0.6) is 11.5 Å². The maximum absolute atomic E-state index is 11.4. The Morgan fingerprint density at radius 1 is 1.19 bits per heavy atom. The molecule has 0 heterocycles. The maximum atomic E-state index is 11.4. The standard InChI is InChI=1S/C22H36O4Si/c1-10-13-25-19-12-11-18(14-20(19)24-7)21(17(3)16(2)15-23)26-27(8,9)22(4,5)6/h10-12,14-17,21H,1,13H2,2-9H3/t16-,17+,21+/m0/s1. The van der Waals surface area contributed by atoms with E-state index in [2.05, 4.69) is 47.4 Å². The van der Waals surface area contributed by atoms with Crippen LogP contribution in [-0.4, -0.2) is 28.3 Å². The first-order valence-corrected chi connectivity index (χ1v) is 12.4. The Balaban J connectivity index is 3.34. The Hall–Kier alpha value is -1.59. The van der Waals surface area contributed by atoms with E-state index in [-0.39, 0.29) is 23.0 Å². The summed E-state index contributed by atoms with van der Waals surface area (Å²) in [5, 5.41) is 0.0759. The summed E-state index contributed by atoms with van der Waals surface area (Å²) < 4.78 is 18.0. The van der Waals surface area contributed by atoms with E-state index in [1.165, 1.54) is 0 Å². The number of benzene rings is 1. The second-order valence-electron chi connectivity index (χ2n) is 8.66. The molecule has 4 nitrogen and oxygen atoms in total. The molecule has 1 aromatic carbocycles. The predicted molar refractivity (Wildman–Crippen MR) is 114 cm³/mol. The topological polar surface area (TPSA) is 44.8 Å². The van der Waals surface area contributed by atoms with Gasteiger partial charge in [-0.2, -0.15) is 0 Å². The number of hydrogen-bond donors (Lipinski definition) is 0. The lowest BCUT2D eigenvalue weighted by molar-refractivity contribution is -0.113. The van der Waals surface area contributed by atoms with E-state index in [1.54, 1.807) is 13.2 Å². The van der Waals surface area contributed by atoms with Gasteiger partial charge in [0, 0.05) is 5.92 Å². The SMILES string of the molecule is C=CCOc1ccc([C@H](O[Si](C)(C)C(C)(C)C)[C@H](C)[C@@H](C)C=O)cc1OC. The number of ether oxygens (including phenoxy) is 2. The first-order valence-electron chi connectivity index (χ1n) is 9.53. The second-order valence-corrected chi connectivity index (χ2v) is 13.4. The average molecular weight is 393 g/mol. The molecule has 0 aromatic heterocycles. The highest BCUT2D eigenvalue weighted by Gasteiger charge is 2.41. The van der Waals surface area contributed by atoms with E-state index in [4.69, 9.17) is 13.9 Å². The molecule has 1 rings (SSSR count). The largest absolute Gasteiger partial charge is 0.493 e. The Morgan fingerprint density at radius 3 is 2.30 bits per heavy atom. The highest BCUT2D eigenvalue weighted by atomic mass is 28.4. The minimum absolute atomic E-state index is 0.0428. The van der Waals surface area contributed by atoms with Gasteiger partial charge in [-0.05, 0) is 41.7 Å². The van der Waals surface area contributed by atoms with Gasteiger partial charge in [0.05, 0.1) is 13.2 Å². The van der Waals surface area contributed by atoms with Crippen molar-refractivity contribution < 1.29 is 18.7 Å². The number of rotatable bonds is 10. The monoisotopic (exact) mass is 392 g/mol. The molecule has 152 valence electrons. The summed E-state index contributed by atoms with van der Waals surface area (Å²) in [6, 6.07) is 5.87. The van der Waals surface area contributed by atoms with Gasteiger partial charge in [-0.3, -0.25) is 0 Å². The minimum Gasteiger partial charge on any atom is -0.493 e. The summed E-state index contributed by atoms with van der Waals surface area (Å²) in [5.74, 6) is 1.26. The van der Waals surface area contributed by atoms with Crippen LogP contribution in [0, 0.1) is 11.8 Å². The fourth-order valence-electron chi connectivity index (χ4n) is 2.50. The van der Waals surface area contributed by atoms with Crippen LogP contribution in [0.25, 0.3) is 0 Å². The molecule has 0 radical (unpaired) electrons. The molecule has 0 amide bonds. The van der Waals surface area contributed by atoms with Crippen LogP contribution in [0.4, 0.5) is 0 Å². The summed E-state index contributed by atoms with van der Waals surface area (Å²) in [5.41, 5.74) is 1.00.